The zero-order valence-electron chi connectivity index (χ0n) is 21.5. The van der Waals surface area contributed by atoms with Crippen LogP contribution in [0.15, 0.2) is 94.5 Å². The lowest BCUT2D eigenvalue weighted by atomic mass is 10.0. The fourth-order valence-corrected chi connectivity index (χ4v) is 5.15. The Morgan fingerprint density at radius 3 is 2.52 bits per heavy atom. The normalized spacial score (nSPS) is 11.1. The molecule has 0 fully saturated rings. The lowest BCUT2D eigenvalue weighted by molar-refractivity contribution is 0.0729. The molecule has 1 amide bonds. The lowest BCUT2D eigenvalue weighted by Gasteiger charge is -2.10. The van der Waals surface area contributed by atoms with E-state index in [9.17, 15) is 9.59 Å². The summed E-state index contributed by atoms with van der Waals surface area (Å²) in [6.45, 7) is 1.90. The summed E-state index contributed by atoms with van der Waals surface area (Å²) in [6.07, 6.45) is 1.47. The summed E-state index contributed by atoms with van der Waals surface area (Å²) in [7, 11) is 1.48. The molecule has 7 nitrogen and oxygen atoms in total. The molecule has 4 aromatic carbocycles. The fourth-order valence-electron chi connectivity index (χ4n) is 4.30. The number of carbonyl (C=O) groups excluding carboxylic acids is 2. The molecule has 0 radical (unpaired) electrons. The number of hydrazone groups is 1. The van der Waals surface area contributed by atoms with Crippen LogP contribution in [0.2, 0.25) is 5.02 Å². The van der Waals surface area contributed by atoms with E-state index in [1.54, 1.807) is 42.5 Å². The number of aromatic amines is 1. The molecule has 0 spiro atoms. The highest BCUT2D eigenvalue weighted by Gasteiger charge is 2.21. The maximum absolute atomic E-state index is 13.3. The largest absolute Gasteiger partial charge is 0.493 e. The summed E-state index contributed by atoms with van der Waals surface area (Å²) in [4.78, 5) is 29.0. The van der Waals surface area contributed by atoms with E-state index in [0.29, 0.717) is 38.7 Å². The number of halogens is 2. The molecule has 1 aromatic heterocycles. The topological polar surface area (TPSA) is 92.8 Å². The van der Waals surface area contributed by atoms with Crippen molar-refractivity contribution < 1.29 is 19.1 Å². The SMILES string of the molecule is COc1cc(C=NNC(=O)c2[nH]c3c(Cl)cc(Br)cc3c2-c2ccccc2)ccc1OC(=O)c1cccc(C)c1. The molecule has 5 aromatic rings. The van der Waals surface area contributed by atoms with E-state index in [2.05, 4.69) is 31.4 Å². The van der Waals surface area contributed by atoms with Crippen molar-refractivity contribution >= 4 is 56.5 Å². The van der Waals surface area contributed by atoms with Gasteiger partial charge >= 0.3 is 5.97 Å². The Labute approximate surface area is 243 Å². The second-order valence-corrected chi connectivity index (χ2v) is 10.2. The Kier molecular flexibility index (Phi) is 8.00. The van der Waals surface area contributed by atoms with Gasteiger partial charge < -0.3 is 14.5 Å². The molecular weight excluding hydrogens is 594 g/mol. The van der Waals surface area contributed by atoms with Crippen molar-refractivity contribution in [2.24, 2.45) is 5.10 Å². The average molecular weight is 617 g/mol. The molecule has 0 unspecified atom stereocenters. The van der Waals surface area contributed by atoms with E-state index in [-0.39, 0.29) is 5.75 Å². The molecule has 200 valence electrons. The van der Waals surface area contributed by atoms with Crippen LogP contribution in [0.3, 0.4) is 0 Å². The number of ether oxygens (including phenoxy) is 2. The molecule has 2 N–H and O–H groups in total. The van der Waals surface area contributed by atoms with E-state index in [1.165, 1.54) is 13.3 Å². The standard InChI is InChI=1S/C31H23BrClN3O4/c1-18-7-6-10-21(13-18)31(38)40-25-12-11-19(14-26(25)39-2)17-34-36-30(37)29-27(20-8-4-3-5-9-20)23-15-22(32)16-24(33)28(23)35-29/h3-17,35H,1-2H3,(H,36,37). The van der Waals surface area contributed by atoms with Crippen molar-refractivity contribution in [1.29, 1.82) is 0 Å². The van der Waals surface area contributed by atoms with E-state index in [4.69, 9.17) is 21.1 Å². The number of amides is 1. The van der Waals surface area contributed by atoms with Gasteiger partial charge in [0.2, 0.25) is 0 Å². The van der Waals surface area contributed by atoms with Crippen LogP contribution in [0.4, 0.5) is 0 Å². The van der Waals surface area contributed by atoms with E-state index < -0.39 is 11.9 Å². The van der Waals surface area contributed by atoms with Crippen molar-refractivity contribution in [2.75, 3.05) is 7.11 Å². The van der Waals surface area contributed by atoms with Crippen LogP contribution in [0.5, 0.6) is 11.5 Å². The minimum absolute atomic E-state index is 0.267. The number of carbonyl (C=O) groups is 2. The molecule has 40 heavy (non-hydrogen) atoms. The first-order chi connectivity index (χ1) is 19.3. The third-order valence-corrected chi connectivity index (χ3v) is 6.89. The Balaban J connectivity index is 1.37. The number of hydrogen-bond acceptors (Lipinski definition) is 5. The number of hydrogen-bond donors (Lipinski definition) is 2. The quantitative estimate of drug-likeness (QED) is 0.0855. The van der Waals surface area contributed by atoms with Crippen LogP contribution in [-0.2, 0) is 0 Å². The third-order valence-electron chi connectivity index (χ3n) is 6.14. The summed E-state index contributed by atoms with van der Waals surface area (Å²) in [5.74, 6) is -0.313. The number of nitrogens with zero attached hydrogens (tertiary/aromatic N) is 1. The van der Waals surface area contributed by atoms with Crippen molar-refractivity contribution in [3.8, 4) is 22.6 Å². The predicted molar refractivity (Wildman–Crippen MR) is 161 cm³/mol. The summed E-state index contributed by atoms with van der Waals surface area (Å²) < 4.78 is 11.8. The molecule has 0 aliphatic heterocycles. The number of aromatic nitrogens is 1. The van der Waals surface area contributed by atoms with Gasteiger partial charge in [-0.1, -0.05) is 75.6 Å². The predicted octanol–water partition coefficient (Wildman–Crippen LogP) is 7.55. The van der Waals surface area contributed by atoms with Gasteiger partial charge in [-0.2, -0.15) is 5.10 Å². The first-order valence-electron chi connectivity index (χ1n) is 12.2. The summed E-state index contributed by atoms with van der Waals surface area (Å²) in [6, 6.07) is 25.4. The highest BCUT2D eigenvalue weighted by Crippen LogP contribution is 2.37. The number of esters is 1. The zero-order chi connectivity index (χ0) is 28.2. The van der Waals surface area contributed by atoms with Gasteiger partial charge in [-0.3, -0.25) is 4.79 Å². The number of rotatable bonds is 7. The minimum atomic E-state index is -0.490. The number of methoxy groups -OCH3 is 1. The van der Waals surface area contributed by atoms with Gasteiger partial charge in [0.15, 0.2) is 11.5 Å². The van der Waals surface area contributed by atoms with Gasteiger partial charge in [-0.25, -0.2) is 10.2 Å². The van der Waals surface area contributed by atoms with Gasteiger partial charge in [-0.05, 0) is 60.5 Å². The molecule has 0 saturated heterocycles. The molecule has 0 bridgehead atoms. The molecule has 0 aliphatic carbocycles. The van der Waals surface area contributed by atoms with Gasteiger partial charge in [0.25, 0.3) is 5.91 Å². The highest BCUT2D eigenvalue weighted by molar-refractivity contribution is 9.10. The van der Waals surface area contributed by atoms with E-state index in [1.807, 2.05) is 49.4 Å². The number of H-pyrrole nitrogens is 1. The Morgan fingerprint density at radius 2 is 1.77 bits per heavy atom. The van der Waals surface area contributed by atoms with Gasteiger partial charge in [0, 0.05) is 15.4 Å². The maximum atomic E-state index is 13.3. The summed E-state index contributed by atoms with van der Waals surface area (Å²) >= 11 is 9.96. The number of benzene rings is 4. The minimum Gasteiger partial charge on any atom is -0.493 e. The van der Waals surface area contributed by atoms with Crippen molar-refractivity contribution in [3.63, 3.8) is 0 Å². The van der Waals surface area contributed by atoms with Gasteiger partial charge in [0.05, 0.1) is 29.4 Å². The summed E-state index contributed by atoms with van der Waals surface area (Å²) in [5.41, 5.74) is 7.15. The molecule has 1 heterocycles. The zero-order valence-corrected chi connectivity index (χ0v) is 23.8. The third kappa shape index (κ3) is 5.78. The molecule has 0 saturated carbocycles. The Morgan fingerprint density at radius 1 is 0.975 bits per heavy atom. The van der Waals surface area contributed by atoms with Crippen molar-refractivity contribution in [1.82, 2.24) is 10.4 Å². The van der Waals surface area contributed by atoms with Crippen LogP contribution in [0.1, 0.15) is 32.0 Å². The van der Waals surface area contributed by atoms with Crippen LogP contribution in [0, 0.1) is 6.92 Å². The first-order valence-corrected chi connectivity index (χ1v) is 13.4. The Hall–Kier alpha value is -4.40. The lowest BCUT2D eigenvalue weighted by Crippen LogP contribution is -2.18. The van der Waals surface area contributed by atoms with Crippen LogP contribution in [0.25, 0.3) is 22.0 Å². The van der Waals surface area contributed by atoms with Gasteiger partial charge in [0.1, 0.15) is 5.69 Å². The monoisotopic (exact) mass is 615 g/mol. The highest BCUT2D eigenvalue weighted by atomic mass is 79.9. The fraction of sp³-hybridized carbons (Fsp3) is 0.0645. The van der Waals surface area contributed by atoms with E-state index in [0.717, 1.165) is 21.0 Å². The average Bonchev–Trinajstić information content (AvgIpc) is 3.34. The number of nitrogens with one attached hydrogen (secondary N) is 2. The van der Waals surface area contributed by atoms with Crippen molar-refractivity contribution in [3.05, 3.63) is 117 Å². The molecule has 9 heteroatoms. The van der Waals surface area contributed by atoms with Crippen LogP contribution < -0.4 is 14.9 Å². The molecule has 0 atom stereocenters. The van der Waals surface area contributed by atoms with E-state index >= 15 is 0 Å². The number of fused-ring (bicyclic) bond motifs is 1. The first kappa shape index (κ1) is 27.2. The Bertz CT molecular complexity index is 1770. The van der Waals surface area contributed by atoms with Crippen LogP contribution >= 0.6 is 27.5 Å². The molecule has 5 rings (SSSR count). The second-order valence-electron chi connectivity index (χ2n) is 8.92. The molecular formula is C31H23BrClN3O4. The maximum Gasteiger partial charge on any atom is 0.343 e. The second kappa shape index (κ2) is 11.8. The van der Waals surface area contributed by atoms with Crippen LogP contribution in [-0.4, -0.2) is 30.2 Å². The van der Waals surface area contributed by atoms with Gasteiger partial charge in [-0.15, -0.1) is 0 Å². The molecule has 0 aliphatic rings. The number of aryl methyl sites for hydroxylation is 1. The summed E-state index contributed by atoms with van der Waals surface area (Å²) in [5, 5.41) is 5.43. The van der Waals surface area contributed by atoms with Crippen molar-refractivity contribution in [2.45, 2.75) is 6.92 Å². The smallest absolute Gasteiger partial charge is 0.343 e.